The van der Waals surface area contributed by atoms with Crippen LogP contribution in [0, 0.1) is 0 Å². The summed E-state index contributed by atoms with van der Waals surface area (Å²) in [5.74, 6) is 3.78. The Morgan fingerprint density at radius 2 is 2.25 bits per heavy atom. The molecule has 0 spiro atoms. The Balaban J connectivity index is 2.12. The van der Waals surface area contributed by atoms with Crippen LogP contribution in [-0.4, -0.2) is 44.9 Å². The largest absolute Gasteiger partial charge is 0.313 e. The molecule has 2 heterocycles. The quantitative estimate of drug-likeness (QED) is 0.866. The van der Waals surface area contributed by atoms with Crippen LogP contribution < -0.4 is 5.32 Å². The van der Waals surface area contributed by atoms with Gasteiger partial charge in [0.15, 0.2) is 0 Å². The lowest BCUT2D eigenvalue weighted by Gasteiger charge is -2.30. The van der Waals surface area contributed by atoms with E-state index in [0.29, 0.717) is 11.3 Å². The molecule has 1 aliphatic heterocycles. The minimum atomic E-state index is 0.482. The highest BCUT2D eigenvalue weighted by Gasteiger charge is 2.26. The Morgan fingerprint density at radius 3 is 2.80 bits per heavy atom. The molecule has 2 unspecified atom stereocenters. The number of hydrogen-bond acceptors (Lipinski definition) is 4. The van der Waals surface area contributed by atoms with E-state index in [1.54, 1.807) is 0 Å². The predicted molar refractivity (Wildman–Crippen MR) is 92.3 cm³/mol. The maximum absolute atomic E-state index is 6.49. The highest BCUT2D eigenvalue weighted by atomic mass is 35.5. The van der Waals surface area contributed by atoms with Gasteiger partial charge in [0, 0.05) is 42.0 Å². The van der Waals surface area contributed by atoms with Crippen LogP contribution in [0.15, 0.2) is 0 Å². The van der Waals surface area contributed by atoms with Crippen molar-refractivity contribution in [3.05, 3.63) is 16.4 Å². The van der Waals surface area contributed by atoms with E-state index < -0.39 is 0 Å². The lowest BCUT2D eigenvalue weighted by molar-refractivity contribution is 0.505. The molecule has 3 nitrogen and oxygen atoms in total. The van der Waals surface area contributed by atoms with Gasteiger partial charge in [-0.3, -0.25) is 4.68 Å². The summed E-state index contributed by atoms with van der Waals surface area (Å²) in [6.45, 7) is 5.28. The van der Waals surface area contributed by atoms with Gasteiger partial charge in [0.2, 0.25) is 0 Å². The van der Waals surface area contributed by atoms with Gasteiger partial charge in [0.25, 0.3) is 0 Å². The van der Waals surface area contributed by atoms with Crippen molar-refractivity contribution in [2.45, 2.75) is 38.0 Å². The van der Waals surface area contributed by atoms with Gasteiger partial charge in [0.05, 0.1) is 16.4 Å². The molecular weight excluding hydrogens is 310 g/mol. The Morgan fingerprint density at radius 1 is 1.45 bits per heavy atom. The van der Waals surface area contributed by atoms with Crippen molar-refractivity contribution in [2.24, 2.45) is 7.05 Å². The molecule has 1 aromatic rings. The number of likely N-dealkylation sites (N-methyl/N-ethyl adjacent to an activating group) is 1. The summed E-state index contributed by atoms with van der Waals surface area (Å²) in [5.41, 5.74) is 2.19. The molecule has 114 valence electrons. The summed E-state index contributed by atoms with van der Waals surface area (Å²) < 4.78 is 1.96. The van der Waals surface area contributed by atoms with E-state index in [0.717, 1.165) is 30.1 Å². The summed E-state index contributed by atoms with van der Waals surface area (Å²) in [6, 6.07) is 0.482. The van der Waals surface area contributed by atoms with Gasteiger partial charge >= 0.3 is 0 Å². The van der Waals surface area contributed by atoms with E-state index in [-0.39, 0.29) is 0 Å². The topological polar surface area (TPSA) is 29.9 Å². The molecule has 2 rings (SSSR count). The Hall–Kier alpha value is 0.160. The van der Waals surface area contributed by atoms with Crippen molar-refractivity contribution in [2.75, 3.05) is 23.8 Å². The molecule has 20 heavy (non-hydrogen) atoms. The third-order valence-corrected chi connectivity index (χ3v) is 7.03. The molecule has 0 aromatic carbocycles. The van der Waals surface area contributed by atoms with Crippen LogP contribution in [0.1, 0.15) is 25.2 Å². The number of aromatic nitrogens is 2. The maximum Gasteiger partial charge on any atom is 0.0850 e. The predicted octanol–water partition coefficient (Wildman–Crippen LogP) is 3.01. The zero-order valence-corrected chi connectivity index (χ0v) is 14.9. The van der Waals surface area contributed by atoms with Crippen molar-refractivity contribution in [1.29, 1.82) is 0 Å². The minimum absolute atomic E-state index is 0.482. The molecule has 1 aromatic heterocycles. The van der Waals surface area contributed by atoms with Gasteiger partial charge in [-0.25, -0.2) is 0 Å². The van der Waals surface area contributed by atoms with Crippen molar-refractivity contribution in [1.82, 2.24) is 15.1 Å². The molecule has 2 atom stereocenters. The fraction of sp³-hybridized carbons (Fsp3) is 0.786. The van der Waals surface area contributed by atoms with Crippen LogP contribution in [0.25, 0.3) is 0 Å². The zero-order chi connectivity index (χ0) is 14.5. The zero-order valence-electron chi connectivity index (χ0n) is 12.5. The standard InChI is InChI=1S/C14H24ClN3S2/c1-4-10-14(15)12(18(3)17-10)8-11(16-5-2)13-9-19-6-7-20-13/h11,13,16H,4-9H2,1-3H3. The number of rotatable bonds is 6. The van der Waals surface area contributed by atoms with Gasteiger partial charge < -0.3 is 5.32 Å². The van der Waals surface area contributed by atoms with Gasteiger partial charge in [-0.1, -0.05) is 25.4 Å². The van der Waals surface area contributed by atoms with Crippen LogP contribution in [0.2, 0.25) is 5.02 Å². The van der Waals surface area contributed by atoms with Gasteiger partial charge in [-0.2, -0.15) is 28.6 Å². The lowest BCUT2D eigenvalue weighted by atomic mass is 10.1. The van der Waals surface area contributed by atoms with E-state index in [4.69, 9.17) is 11.6 Å². The highest BCUT2D eigenvalue weighted by Crippen LogP contribution is 2.30. The number of hydrogen-bond donors (Lipinski definition) is 1. The van der Waals surface area contributed by atoms with E-state index in [1.807, 2.05) is 11.7 Å². The average Bonchev–Trinajstić information content (AvgIpc) is 2.75. The van der Waals surface area contributed by atoms with Crippen LogP contribution in [0.5, 0.6) is 0 Å². The second-order valence-corrected chi connectivity index (χ2v) is 7.91. The molecule has 1 saturated heterocycles. The first kappa shape index (κ1) is 16.5. The molecule has 0 amide bonds. The first-order chi connectivity index (χ1) is 9.67. The van der Waals surface area contributed by atoms with E-state index in [2.05, 4.69) is 47.8 Å². The Labute approximate surface area is 135 Å². The SMILES string of the molecule is CCNC(Cc1c(Cl)c(CC)nn1C)C1CSCCS1. The van der Waals surface area contributed by atoms with E-state index >= 15 is 0 Å². The van der Waals surface area contributed by atoms with Gasteiger partial charge in [-0.05, 0) is 13.0 Å². The maximum atomic E-state index is 6.49. The van der Waals surface area contributed by atoms with Gasteiger partial charge in [0.1, 0.15) is 0 Å². The smallest absolute Gasteiger partial charge is 0.0850 e. The highest BCUT2D eigenvalue weighted by molar-refractivity contribution is 8.06. The molecule has 0 saturated carbocycles. The van der Waals surface area contributed by atoms with Crippen molar-refractivity contribution in [3.8, 4) is 0 Å². The fourth-order valence-corrected chi connectivity index (χ4v) is 5.85. The molecule has 1 N–H and O–H groups in total. The summed E-state index contributed by atoms with van der Waals surface area (Å²) in [6.07, 6.45) is 1.86. The molecule has 1 fully saturated rings. The molecule has 1 aliphatic rings. The molecule has 0 aliphatic carbocycles. The van der Waals surface area contributed by atoms with E-state index in [9.17, 15) is 0 Å². The Kier molecular flexibility index (Phi) is 6.59. The normalized spacial score (nSPS) is 21.1. The second kappa shape index (κ2) is 7.97. The lowest BCUT2D eigenvalue weighted by Crippen LogP contribution is -2.43. The monoisotopic (exact) mass is 333 g/mol. The molecule has 6 heteroatoms. The molecule has 0 bridgehead atoms. The van der Waals surface area contributed by atoms with Crippen LogP contribution in [-0.2, 0) is 19.9 Å². The molecular formula is C14H24ClN3S2. The van der Waals surface area contributed by atoms with Crippen LogP contribution in [0.4, 0.5) is 0 Å². The summed E-state index contributed by atoms with van der Waals surface area (Å²) in [4.78, 5) is 0. The number of halogens is 1. The van der Waals surface area contributed by atoms with Crippen molar-refractivity contribution >= 4 is 35.1 Å². The third kappa shape index (κ3) is 3.87. The number of nitrogens with zero attached hydrogens (tertiary/aromatic N) is 2. The van der Waals surface area contributed by atoms with Crippen LogP contribution >= 0.6 is 35.1 Å². The third-order valence-electron chi connectivity index (χ3n) is 3.67. The number of aryl methyl sites for hydroxylation is 2. The fourth-order valence-electron chi connectivity index (χ4n) is 2.59. The molecule has 0 radical (unpaired) electrons. The number of thioether (sulfide) groups is 2. The van der Waals surface area contributed by atoms with Crippen LogP contribution in [0.3, 0.4) is 0 Å². The van der Waals surface area contributed by atoms with Gasteiger partial charge in [-0.15, -0.1) is 0 Å². The summed E-state index contributed by atoms with van der Waals surface area (Å²) in [7, 11) is 2.01. The van der Waals surface area contributed by atoms with E-state index in [1.165, 1.54) is 23.0 Å². The number of nitrogens with one attached hydrogen (secondary N) is 1. The summed E-state index contributed by atoms with van der Waals surface area (Å²) in [5, 5.41) is 9.72. The summed E-state index contributed by atoms with van der Waals surface area (Å²) >= 11 is 10.7. The Bertz CT molecular complexity index is 430. The second-order valence-electron chi connectivity index (χ2n) is 5.04. The minimum Gasteiger partial charge on any atom is -0.313 e. The average molecular weight is 334 g/mol. The van der Waals surface area contributed by atoms with Crippen molar-refractivity contribution in [3.63, 3.8) is 0 Å². The first-order valence-electron chi connectivity index (χ1n) is 7.30. The first-order valence-corrected chi connectivity index (χ1v) is 9.88. The van der Waals surface area contributed by atoms with Crippen molar-refractivity contribution < 1.29 is 0 Å².